The fourth-order valence-corrected chi connectivity index (χ4v) is 1.62. The van der Waals surface area contributed by atoms with Crippen LogP contribution in [0.5, 0.6) is 0 Å². The van der Waals surface area contributed by atoms with Crippen LogP contribution in [0.15, 0.2) is 37.9 Å². The van der Waals surface area contributed by atoms with Crippen molar-refractivity contribution in [3.63, 3.8) is 0 Å². The Labute approximate surface area is 95.8 Å². The molecule has 2 nitrogen and oxygen atoms in total. The average Bonchev–Trinajstić information content (AvgIpc) is 2.14. The van der Waals surface area contributed by atoms with E-state index < -0.39 is 17.4 Å². The highest BCUT2D eigenvalue weighted by molar-refractivity contribution is 9.10. The standard InChI is InChI=1S/C10H4BrF3O2/c11-6-2-1-5-3-7(10(12,13)14)9(15)16-8(5)4-6/h1-4H. The first-order valence-electron chi connectivity index (χ1n) is 4.18. The van der Waals surface area contributed by atoms with Gasteiger partial charge in [0.2, 0.25) is 0 Å². The Morgan fingerprint density at radius 1 is 1.19 bits per heavy atom. The second-order valence-electron chi connectivity index (χ2n) is 3.13. The summed E-state index contributed by atoms with van der Waals surface area (Å²) in [4.78, 5) is 11.1. The number of hydrogen-bond acceptors (Lipinski definition) is 2. The minimum Gasteiger partial charge on any atom is -0.422 e. The zero-order chi connectivity index (χ0) is 11.9. The van der Waals surface area contributed by atoms with E-state index in [1.807, 2.05) is 0 Å². The maximum atomic E-state index is 12.4. The van der Waals surface area contributed by atoms with Gasteiger partial charge in [-0.15, -0.1) is 0 Å². The largest absolute Gasteiger partial charge is 0.423 e. The SMILES string of the molecule is O=c1oc2cc(Br)ccc2cc1C(F)(F)F. The number of benzene rings is 1. The van der Waals surface area contributed by atoms with Crippen LogP contribution in [0.3, 0.4) is 0 Å². The van der Waals surface area contributed by atoms with Crippen LogP contribution in [0.2, 0.25) is 0 Å². The van der Waals surface area contributed by atoms with Gasteiger partial charge < -0.3 is 4.42 Å². The molecule has 2 rings (SSSR count). The first-order chi connectivity index (χ1) is 7.38. The lowest BCUT2D eigenvalue weighted by Gasteiger charge is -2.05. The van der Waals surface area contributed by atoms with Crippen molar-refractivity contribution in [2.45, 2.75) is 6.18 Å². The third-order valence-electron chi connectivity index (χ3n) is 2.00. The van der Waals surface area contributed by atoms with Gasteiger partial charge in [-0.25, -0.2) is 4.79 Å². The van der Waals surface area contributed by atoms with E-state index in [0.717, 1.165) is 6.07 Å². The molecule has 0 radical (unpaired) electrons. The van der Waals surface area contributed by atoms with E-state index in [1.54, 1.807) is 6.07 Å². The van der Waals surface area contributed by atoms with E-state index in [2.05, 4.69) is 20.3 Å². The number of halogens is 4. The highest BCUT2D eigenvalue weighted by Crippen LogP contribution is 2.29. The molecule has 1 aromatic carbocycles. The molecule has 0 aliphatic carbocycles. The normalized spacial score (nSPS) is 12.0. The summed E-state index contributed by atoms with van der Waals surface area (Å²) in [5, 5.41) is 0.232. The van der Waals surface area contributed by atoms with E-state index in [-0.39, 0.29) is 11.0 Å². The Balaban J connectivity index is 2.78. The molecule has 0 atom stereocenters. The maximum Gasteiger partial charge on any atom is 0.423 e. The monoisotopic (exact) mass is 292 g/mol. The molecule has 6 heteroatoms. The number of alkyl halides is 3. The molecule has 0 aliphatic heterocycles. The fraction of sp³-hybridized carbons (Fsp3) is 0.100. The smallest absolute Gasteiger partial charge is 0.422 e. The van der Waals surface area contributed by atoms with Crippen LogP contribution in [-0.4, -0.2) is 0 Å². The second kappa shape index (κ2) is 3.62. The number of fused-ring (bicyclic) bond motifs is 1. The summed E-state index contributed by atoms with van der Waals surface area (Å²) in [7, 11) is 0. The van der Waals surface area contributed by atoms with Crippen LogP contribution in [0, 0.1) is 0 Å². The molecular formula is C10H4BrF3O2. The molecule has 1 aromatic heterocycles. The van der Waals surface area contributed by atoms with Crippen molar-refractivity contribution in [2.75, 3.05) is 0 Å². The van der Waals surface area contributed by atoms with E-state index in [1.165, 1.54) is 12.1 Å². The lowest BCUT2D eigenvalue weighted by Crippen LogP contribution is -2.17. The highest BCUT2D eigenvalue weighted by Gasteiger charge is 2.35. The molecule has 0 fully saturated rings. The lowest BCUT2D eigenvalue weighted by molar-refractivity contribution is -0.139. The van der Waals surface area contributed by atoms with Gasteiger partial charge >= 0.3 is 11.8 Å². The maximum absolute atomic E-state index is 12.4. The summed E-state index contributed by atoms with van der Waals surface area (Å²) >= 11 is 3.13. The molecule has 0 amide bonds. The second-order valence-corrected chi connectivity index (χ2v) is 4.04. The third kappa shape index (κ3) is 1.97. The Bertz CT molecular complexity index is 601. The van der Waals surface area contributed by atoms with Gasteiger partial charge in [-0.05, 0) is 18.2 Å². The fourth-order valence-electron chi connectivity index (χ4n) is 1.28. The van der Waals surface area contributed by atoms with Crippen molar-refractivity contribution in [3.05, 3.63) is 44.7 Å². The molecule has 0 unspecified atom stereocenters. The minimum atomic E-state index is -4.69. The Hall–Kier alpha value is -1.30. The predicted octanol–water partition coefficient (Wildman–Crippen LogP) is 3.57. The van der Waals surface area contributed by atoms with Crippen molar-refractivity contribution < 1.29 is 17.6 Å². The lowest BCUT2D eigenvalue weighted by atomic mass is 10.2. The molecule has 0 aliphatic rings. The van der Waals surface area contributed by atoms with Gasteiger partial charge in [0.05, 0.1) is 0 Å². The van der Waals surface area contributed by atoms with Crippen molar-refractivity contribution in [1.82, 2.24) is 0 Å². The topological polar surface area (TPSA) is 30.2 Å². The zero-order valence-electron chi connectivity index (χ0n) is 7.64. The number of rotatable bonds is 0. The van der Waals surface area contributed by atoms with Gasteiger partial charge in [0.25, 0.3) is 0 Å². The van der Waals surface area contributed by atoms with Crippen LogP contribution in [0.25, 0.3) is 11.0 Å². The van der Waals surface area contributed by atoms with E-state index in [0.29, 0.717) is 4.47 Å². The Morgan fingerprint density at radius 2 is 1.88 bits per heavy atom. The molecule has 84 valence electrons. The van der Waals surface area contributed by atoms with Crippen LogP contribution in [0.4, 0.5) is 13.2 Å². The van der Waals surface area contributed by atoms with Gasteiger partial charge in [-0.2, -0.15) is 13.2 Å². The predicted molar refractivity (Wildman–Crippen MR) is 55.2 cm³/mol. The summed E-state index contributed by atoms with van der Waals surface area (Å²) in [6.07, 6.45) is -4.69. The van der Waals surface area contributed by atoms with Crippen LogP contribution in [0.1, 0.15) is 5.56 Å². The average molecular weight is 293 g/mol. The first kappa shape index (κ1) is 11.2. The quantitative estimate of drug-likeness (QED) is 0.695. The Morgan fingerprint density at radius 3 is 2.50 bits per heavy atom. The summed E-state index contributed by atoms with van der Waals surface area (Å²) in [6, 6.07) is 5.24. The summed E-state index contributed by atoms with van der Waals surface area (Å²) in [5.74, 6) is 0. The van der Waals surface area contributed by atoms with Crippen molar-refractivity contribution in [2.24, 2.45) is 0 Å². The van der Waals surface area contributed by atoms with Gasteiger partial charge in [-0.1, -0.05) is 22.0 Å². The van der Waals surface area contributed by atoms with E-state index in [4.69, 9.17) is 0 Å². The van der Waals surface area contributed by atoms with Crippen LogP contribution < -0.4 is 5.63 Å². The first-order valence-corrected chi connectivity index (χ1v) is 4.98. The molecule has 0 bridgehead atoms. The summed E-state index contributed by atoms with van der Waals surface area (Å²) in [6.45, 7) is 0. The van der Waals surface area contributed by atoms with Crippen molar-refractivity contribution in [3.8, 4) is 0 Å². The summed E-state index contributed by atoms with van der Waals surface area (Å²) < 4.78 is 42.4. The number of hydrogen-bond donors (Lipinski definition) is 0. The molecule has 0 saturated carbocycles. The summed E-state index contributed by atoms with van der Waals surface area (Å²) in [5.41, 5.74) is -2.55. The Kier molecular flexibility index (Phi) is 2.53. The van der Waals surface area contributed by atoms with Crippen LogP contribution in [-0.2, 0) is 6.18 Å². The highest BCUT2D eigenvalue weighted by atomic mass is 79.9. The van der Waals surface area contributed by atoms with Crippen LogP contribution >= 0.6 is 15.9 Å². The van der Waals surface area contributed by atoms with Gasteiger partial charge in [0.1, 0.15) is 11.1 Å². The zero-order valence-corrected chi connectivity index (χ0v) is 9.22. The molecule has 0 spiro atoms. The third-order valence-corrected chi connectivity index (χ3v) is 2.50. The molecule has 0 saturated heterocycles. The molecule has 16 heavy (non-hydrogen) atoms. The van der Waals surface area contributed by atoms with Gasteiger partial charge in [0, 0.05) is 9.86 Å². The molecular weight excluding hydrogens is 289 g/mol. The van der Waals surface area contributed by atoms with Gasteiger partial charge in [0.15, 0.2) is 0 Å². The molecule has 1 heterocycles. The van der Waals surface area contributed by atoms with Crippen molar-refractivity contribution in [1.29, 1.82) is 0 Å². The minimum absolute atomic E-state index is 0.118. The molecule has 2 aromatic rings. The van der Waals surface area contributed by atoms with Gasteiger partial charge in [-0.3, -0.25) is 0 Å². The van der Waals surface area contributed by atoms with E-state index >= 15 is 0 Å². The van der Waals surface area contributed by atoms with Crippen molar-refractivity contribution >= 4 is 26.9 Å². The molecule has 0 N–H and O–H groups in total. The van der Waals surface area contributed by atoms with E-state index in [9.17, 15) is 18.0 Å².